The minimum absolute atomic E-state index is 0.123. The fraction of sp³-hybridized carbons (Fsp3) is 0.500. The Morgan fingerprint density at radius 1 is 0.875 bits per heavy atom. The number of rotatable bonds is 11. The minimum atomic E-state index is -0.415. The van der Waals surface area contributed by atoms with Crippen LogP contribution in [-0.2, 0) is 4.75 Å². The Balaban J connectivity index is 1.80. The molecule has 4 atom stereocenters. The van der Waals surface area contributed by atoms with Crippen molar-refractivity contribution in [3.05, 3.63) is 72.8 Å². The molecule has 0 aliphatic carbocycles. The van der Waals surface area contributed by atoms with Gasteiger partial charge in [0.25, 0.3) is 0 Å². The van der Waals surface area contributed by atoms with Gasteiger partial charge in [0, 0.05) is 14.0 Å². The molecule has 0 amide bonds. The lowest BCUT2D eigenvalue weighted by Crippen LogP contribution is -2.24. The predicted octanol–water partition coefficient (Wildman–Crippen LogP) is 10.7. The van der Waals surface area contributed by atoms with Crippen LogP contribution in [0.4, 0.5) is 0 Å². The summed E-state index contributed by atoms with van der Waals surface area (Å²) >= 11 is 6.01. The third-order valence-electron chi connectivity index (χ3n) is 7.02. The standard InChI is InChI=1S/C28H38S4/c1-5-7-11-21(3)23-14-18-30-26(23)28(25-13-9-17-29-25)16-10-20-32(28)27-24(15-19-31-27)22(4)12-8-6-2/h9-10,13-15,17-22,32H,5-8,11-12,16H2,1-4H3. The molecule has 0 bridgehead atoms. The zero-order valence-corrected chi connectivity index (χ0v) is 23.3. The van der Waals surface area contributed by atoms with Crippen LogP contribution in [0.3, 0.4) is 0 Å². The van der Waals surface area contributed by atoms with Gasteiger partial charge in [0.05, 0.1) is 4.75 Å². The fourth-order valence-electron chi connectivity index (χ4n) is 5.10. The highest BCUT2D eigenvalue weighted by molar-refractivity contribution is 8.22. The van der Waals surface area contributed by atoms with Gasteiger partial charge in [-0.2, -0.15) is 10.9 Å². The van der Waals surface area contributed by atoms with E-state index in [2.05, 4.69) is 79.6 Å². The Morgan fingerprint density at radius 3 is 2.25 bits per heavy atom. The van der Waals surface area contributed by atoms with Crippen LogP contribution in [0.1, 0.15) is 105 Å². The second-order valence-corrected chi connectivity index (χ2v) is 14.6. The smallest absolute Gasteiger partial charge is 0.0779 e. The van der Waals surface area contributed by atoms with Crippen LogP contribution in [0, 0.1) is 0 Å². The van der Waals surface area contributed by atoms with Crippen LogP contribution in [0.25, 0.3) is 0 Å². The van der Waals surface area contributed by atoms with Gasteiger partial charge in [-0.05, 0) is 82.0 Å². The van der Waals surface area contributed by atoms with Gasteiger partial charge >= 0.3 is 0 Å². The van der Waals surface area contributed by atoms with E-state index in [0.29, 0.717) is 11.8 Å². The summed E-state index contributed by atoms with van der Waals surface area (Å²) in [5.41, 5.74) is 3.24. The molecule has 0 saturated heterocycles. The maximum atomic E-state index is 2.61. The van der Waals surface area contributed by atoms with E-state index in [4.69, 9.17) is 0 Å². The SMILES string of the molecule is CCCCC(C)c1ccsc1[SH]1C=CCC1(c1cccs1)c1sccc1C(C)CCCC. The molecular weight excluding hydrogens is 465 g/mol. The topological polar surface area (TPSA) is 0 Å². The van der Waals surface area contributed by atoms with E-state index in [0.717, 1.165) is 6.42 Å². The monoisotopic (exact) mass is 502 g/mol. The molecule has 4 rings (SSSR count). The second-order valence-electron chi connectivity index (χ2n) is 9.27. The number of hydrogen-bond acceptors (Lipinski definition) is 3. The maximum Gasteiger partial charge on any atom is 0.0779 e. The normalized spacial score (nSPS) is 23.6. The third-order valence-corrected chi connectivity index (χ3v) is 13.8. The van der Waals surface area contributed by atoms with E-state index in [1.807, 2.05) is 34.0 Å². The summed E-state index contributed by atoms with van der Waals surface area (Å²) in [7, 11) is -0.415. The Morgan fingerprint density at radius 2 is 1.56 bits per heavy atom. The van der Waals surface area contributed by atoms with E-state index in [9.17, 15) is 0 Å². The fourth-order valence-corrected chi connectivity index (χ4v) is 12.7. The van der Waals surface area contributed by atoms with Crippen molar-refractivity contribution in [2.45, 2.75) is 93.4 Å². The van der Waals surface area contributed by atoms with Crippen molar-refractivity contribution in [1.29, 1.82) is 0 Å². The molecule has 1 aliphatic heterocycles. The molecule has 0 spiro atoms. The number of thiol groups is 1. The molecule has 0 N–H and O–H groups in total. The van der Waals surface area contributed by atoms with Gasteiger partial charge in [0.1, 0.15) is 0 Å². The molecule has 4 unspecified atom stereocenters. The maximum absolute atomic E-state index is 2.61. The van der Waals surface area contributed by atoms with E-state index in [-0.39, 0.29) is 4.75 Å². The molecule has 0 fully saturated rings. The van der Waals surface area contributed by atoms with Crippen molar-refractivity contribution in [1.82, 2.24) is 0 Å². The highest BCUT2D eigenvalue weighted by Crippen LogP contribution is 2.68. The number of hydrogen-bond donors (Lipinski definition) is 1. The van der Waals surface area contributed by atoms with Crippen LogP contribution >= 0.6 is 44.9 Å². The van der Waals surface area contributed by atoms with Gasteiger partial charge in [0.2, 0.25) is 0 Å². The zero-order valence-electron chi connectivity index (χ0n) is 20.0. The van der Waals surface area contributed by atoms with Crippen LogP contribution < -0.4 is 0 Å². The van der Waals surface area contributed by atoms with E-state index in [1.54, 1.807) is 25.1 Å². The summed E-state index contributed by atoms with van der Waals surface area (Å²) in [5.74, 6) is 1.29. The molecule has 0 saturated carbocycles. The second kappa shape index (κ2) is 11.1. The zero-order chi connectivity index (χ0) is 22.6. The molecule has 4 heterocycles. The molecule has 3 aromatic heterocycles. The van der Waals surface area contributed by atoms with Gasteiger partial charge < -0.3 is 0 Å². The lowest BCUT2D eigenvalue weighted by Gasteiger charge is -2.39. The summed E-state index contributed by atoms with van der Waals surface area (Å²) < 4.78 is 1.80. The molecule has 3 aromatic rings. The number of allylic oxidation sites excluding steroid dienone is 1. The Hall–Kier alpha value is -0.810. The molecule has 4 heteroatoms. The van der Waals surface area contributed by atoms with E-state index < -0.39 is 10.9 Å². The van der Waals surface area contributed by atoms with Gasteiger partial charge in [-0.1, -0.05) is 65.5 Å². The largest absolute Gasteiger partial charge is 0.182 e. The van der Waals surface area contributed by atoms with Crippen LogP contribution in [0.2, 0.25) is 0 Å². The van der Waals surface area contributed by atoms with Gasteiger partial charge in [-0.15, -0.1) is 34.0 Å². The number of unbranched alkanes of at least 4 members (excludes halogenated alkanes) is 2. The van der Waals surface area contributed by atoms with E-state index >= 15 is 0 Å². The summed E-state index contributed by atoms with van der Waals surface area (Å²) in [4.78, 5) is 3.22. The van der Waals surface area contributed by atoms with Crippen molar-refractivity contribution in [2.24, 2.45) is 0 Å². The van der Waals surface area contributed by atoms with Gasteiger partial charge in [-0.25, -0.2) is 0 Å². The minimum Gasteiger partial charge on any atom is -0.182 e. The Labute approximate surface area is 210 Å². The highest BCUT2D eigenvalue weighted by Gasteiger charge is 2.46. The summed E-state index contributed by atoms with van der Waals surface area (Å²) in [6, 6.07) is 9.56. The molecule has 32 heavy (non-hydrogen) atoms. The van der Waals surface area contributed by atoms with Crippen LogP contribution in [0.15, 0.2) is 56.1 Å². The quantitative estimate of drug-likeness (QED) is 0.248. The van der Waals surface area contributed by atoms with Gasteiger partial charge in [-0.3, -0.25) is 0 Å². The van der Waals surface area contributed by atoms with Crippen LogP contribution in [0.5, 0.6) is 0 Å². The Bertz CT molecular complexity index is 992. The molecule has 0 aromatic carbocycles. The molecule has 1 aliphatic rings. The van der Waals surface area contributed by atoms with Crippen LogP contribution in [-0.4, -0.2) is 0 Å². The average molecular weight is 503 g/mol. The molecule has 174 valence electrons. The lowest BCUT2D eigenvalue weighted by atomic mass is 9.89. The van der Waals surface area contributed by atoms with Crippen molar-refractivity contribution >= 4 is 44.9 Å². The predicted molar refractivity (Wildman–Crippen MR) is 151 cm³/mol. The van der Waals surface area contributed by atoms with Crippen molar-refractivity contribution in [3.8, 4) is 0 Å². The first-order valence-corrected chi connectivity index (χ1v) is 16.3. The van der Waals surface area contributed by atoms with E-state index in [1.165, 1.54) is 38.5 Å². The number of thiophene rings is 3. The molecular formula is C28H38S4. The summed E-state index contributed by atoms with van der Waals surface area (Å²) in [6.07, 6.45) is 11.5. The average Bonchev–Trinajstić information content (AvgIpc) is 3.60. The molecule has 0 nitrogen and oxygen atoms in total. The first-order chi connectivity index (χ1) is 15.6. The molecule has 0 radical (unpaired) electrons. The first kappa shape index (κ1) is 24.3. The van der Waals surface area contributed by atoms with Crippen molar-refractivity contribution in [3.63, 3.8) is 0 Å². The van der Waals surface area contributed by atoms with Gasteiger partial charge in [0.15, 0.2) is 0 Å². The highest BCUT2D eigenvalue weighted by atomic mass is 32.2. The first-order valence-electron chi connectivity index (χ1n) is 12.3. The van der Waals surface area contributed by atoms with Crippen molar-refractivity contribution < 1.29 is 0 Å². The Kier molecular flexibility index (Phi) is 8.42. The summed E-state index contributed by atoms with van der Waals surface area (Å²) in [5, 5.41) is 9.63. The third kappa shape index (κ3) is 4.58. The lowest BCUT2D eigenvalue weighted by molar-refractivity contribution is 0.614. The van der Waals surface area contributed by atoms with Crippen molar-refractivity contribution in [2.75, 3.05) is 0 Å². The summed E-state index contributed by atoms with van der Waals surface area (Å²) in [6.45, 7) is 9.53.